The molecule has 1 heterocycles. The highest BCUT2D eigenvalue weighted by molar-refractivity contribution is 5.35. The number of aromatic nitrogens is 1. The lowest BCUT2D eigenvalue weighted by Crippen LogP contribution is -2.04. The van der Waals surface area contributed by atoms with Crippen LogP contribution in [0.2, 0.25) is 0 Å². The van der Waals surface area contributed by atoms with Crippen LogP contribution in [0.5, 0.6) is 0 Å². The molecule has 2 rings (SSSR count). The average molecular weight is 240 g/mol. The predicted molar refractivity (Wildman–Crippen MR) is 69.2 cm³/mol. The van der Waals surface area contributed by atoms with Crippen molar-refractivity contribution < 1.29 is 4.52 Å². The van der Waals surface area contributed by atoms with Crippen LogP contribution in [0.25, 0.3) is 0 Å². The van der Waals surface area contributed by atoms with Gasteiger partial charge >= 0.3 is 0 Å². The number of aryl methyl sites for hydroxylation is 3. The molecule has 2 aromatic rings. The molecule has 1 aromatic carbocycles. The molecular weight excluding hydrogens is 224 g/mol. The Labute approximate surface area is 107 Å². The van der Waals surface area contributed by atoms with Gasteiger partial charge in [-0.05, 0) is 38.3 Å². The van der Waals surface area contributed by atoms with Crippen LogP contribution in [0.4, 0.5) is 0 Å². The Morgan fingerprint density at radius 3 is 2.56 bits per heavy atom. The van der Waals surface area contributed by atoms with Gasteiger partial charge in [-0.25, -0.2) is 0 Å². The van der Waals surface area contributed by atoms with Gasteiger partial charge in [0.15, 0.2) is 0 Å². The number of hydrogen-bond donors (Lipinski definition) is 0. The van der Waals surface area contributed by atoms with Crippen LogP contribution in [-0.2, 0) is 6.42 Å². The molecule has 3 heteroatoms. The summed E-state index contributed by atoms with van der Waals surface area (Å²) in [5.41, 5.74) is 4.15. The minimum atomic E-state index is -0.197. The first kappa shape index (κ1) is 12.4. The zero-order chi connectivity index (χ0) is 13.1. The first-order valence-electron chi connectivity index (χ1n) is 6.00. The fraction of sp³-hybridized carbons (Fsp3) is 0.333. The predicted octanol–water partition coefficient (Wildman–Crippen LogP) is 3.45. The molecule has 0 aliphatic rings. The number of benzene rings is 1. The number of nitrogens with zero attached hydrogens (tertiary/aromatic N) is 2. The Kier molecular flexibility index (Phi) is 3.47. The summed E-state index contributed by atoms with van der Waals surface area (Å²) >= 11 is 0. The maximum atomic E-state index is 9.38. The van der Waals surface area contributed by atoms with E-state index in [0.717, 1.165) is 17.0 Å². The molecule has 0 saturated heterocycles. The maximum absolute atomic E-state index is 9.38. The summed E-state index contributed by atoms with van der Waals surface area (Å²) in [6, 6.07) is 10.5. The van der Waals surface area contributed by atoms with Gasteiger partial charge in [-0.2, -0.15) is 5.26 Å². The monoisotopic (exact) mass is 240 g/mol. The van der Waals surface area contributed by atoms with Crippen LogP contribution in [0.3, 0.4) is 0 Å². The van der Waals surface area contributed by atoms with Gasteiger partial charge in [0.2, 0.25) is 0 Å². The summed E-state index contributed by atoms with van der Waals surface area (Å²) < 4.78 is 5.14. The van der Waals surface area contributed by atoms with E-state index in [2.05, 4.69) is 30.3 Å². The van der Waals surface area contributed by atoms with E-state index in [4.69, 9.17) is 4.52 Å². The van der Waals surface area contributed by atoms with E-state index in [0.29, 0.717) is 6.42 Å². The Balaban J connectivity index is 2.32. The fourth-order valence-corrected chi connectivity index (χ4v) is 2.26. The van der Waals surface area contributed by atoms with Crippen LogP contribution in [0, 0.1) is 32.1 Å². The van der Waals surface area contributed by atoms with E-state index >= 15 is 0 Å². The molecule has 1 aromatic heterocycles. The van der Waals surface area contributed by atoms with Crippen LogP contribution in [0.15, 0.2) is 28.8 Å². The molecule has 3 nitrogen and oxygen atoms in total. The Hall–Kier alpha value is -2.08. The third-order valence-corrected chi connectivity index (χ3v) is 3.28. The van der Waals surface area contributed by atoms with Crippen LogP contribution >= 0.6 is 0 Å². The lowest BCUT2D eigenvalue weighted by Gasteiger charge is -2.10. The highest BCUT2D eigenvalue weighted by Gasteiger charge is 2.20. The molecule has 92 valence electrons. The van der Waals surface area contributed by atoms with E-state index in [1.54, 1.807) is 0 Å². The second-order valence-corrected chi connectivity index (χ2v) is 4.55. The molecule has 0 amide bonds. The van der Waals surface area contributed by atoms with Gasteiger partial charge in [-0.1, -0.05) is 29.4 Å². The van der Waals surface area contributed by atoms with Gasteiger partial charge < -0.3 is 4.52 Å². The minimum absolute atomic E-state index is 0.197. The first-order valence-corrected chi connectivity index (χ1v) is 6.00. The Bertz CT molecular complexity index is 573. The molecule has 0 saturated carbocycles. The number of nitriles is 1. The molecule has 0 fully saturated rings. The standard InChI is InChI=1S/C15H16N2O/c1-10-6-4-5-7-13(10)8-14(9-16)15-11(2)17-18-12(15)3/h4-7,14H,8H2,1-3H3. The summed E-state index contributed by atoms with van der Waals surface area (Å²) in [5, 5.41) is 13.3. The summed E-state index contributed by atoms with van der Waals surface area (Å²) in [4.78, 5) is 0. The maximum Gasteiger partial charge on any atom is 0.138 e. The van der Waals surface area contributed by atoms with Crippen molar-refractivity contribution in [2.75, 3.05) is 0 Å². The van der Waals surface area contributed by atoms with Crippen molar-refractivity contribution in [2.45, 2.75) is 33.1 Å². The molecule has 1 unspecified atom stereocenters. The van der Waals surface area contributed by atoms with E-state index in [9.17, 15) is 5.26 Å². The molecule has 18 heavy (non-hydrogen) atoms. The lowest BCUT2D eigenvalue weighted by atomic mass is 9.90. The van der Waals surface area contributed by atoms with Gasteiger partial charge in [-0.15, -0.1) is 0 Å². The second kappa shape index (κ2) is 5.05. The number of hydrogen-bond acceptors (Lipinski definition) is 3. The Morgan fingerprint density at radius 1 is 1.28 bits per heavy atom. The molecule has 0 N–H and O–H groups in total. The van der Waals surface area contributed by atoms with Gasteiger partial charge in [0, 0.05) is 5.56 Å². The number of rotatable bonds is 3. The Morgan fingerprint density at radius 2 is 2.00 bits per heavy atom. The quantitative estimate of drug-likeness (QED) is 0.825. The summed E-state index contributed by atoms with van der Waals surface area (Å²) in [6.07, 6.45) is 0.700. The van der Waals surface area contributed by atoms with Crippen LogP contribution in [0.1, 0.15) is 34.1 Å². The molecule has 0 bridgehead atoms. The van der Waals surface area contributed by atoms with E-state index < -0.39 is 0 Å². The van der Waals surface area contributed by atoms with Crippen LogP contribution < -0.4 is 0 Å². The van der Waals surface area contributed by atoms with Crippen molar-refractivity contribution in [1.82, 2.24) is 5.16 Å². The molecule has 0 radical (unpaired) electrons. The van der Waals surface area contributed by atoms with Crippen molar-refractivity contribution >= 4 is 0 Å². The van der Waals surface area contributed by atoms with Crippen molar-refractivity contribution in [2.24, 2.45) is 0 Å². The molecule has 0 aliphatic carbocycles. The van der Waals surface area contributed by atoms with Crippen molar-refractivity contribution in [3.8, 4) is 6.07 Å². The average Bonchev–Trinajstić information content (AvgIpc) is 2.69. The summed E-state index contributed by atoms with van der Waals surface area (Å²) in [7, 11) is 0. The van der Waals surface area contributed by atoms with Gasteiger partial charge in [-0.3, -0.25) is 0 Å². The van der Waals surface area contributed by atoms with E-state index in [1.807, 2.05) is 26.0 Å². The van der Waals surface area contributed by atoms with E-state index in [1.165, 1.54) is 11.1 Å². The SMILES string of the molecule is Cc1ccccc1CC(C#N)c1c(C)noc1C. The smallest absolute Gasteiger partial charge is 0.138 e. The molecule has 0 aliphatic heterocycles. The van der Waals surface area contributed by atoms with Gasteiger partial charge in [0.1, 0.15) is 5.76 Å². The highest BCUT2D eigenvalue weighted by atomic mass is 16.5. The topological polar surface area (TPSA) is 49.8 Å². The van der Waals surface area contributed by atoms with Crippen molar-refractivity contribution in [3.63, 3.8) is 0 Å². The third-order valence-electron chi connectivity index (χ3n) is 3.28. The largest absolute Gasteiger partial charge is 0.361 e. The molecule has 0 spiro atoms. The lowest BCUT2D eigenvalue weighted by molar-refractivity contribution is 0.392. The van der Waals surface area contributed by atoms with Gasteiger partial charge in [0.05, 0.1) is 17.7 Å². The minimum Gasteiger partial charge on any atom is -0.361 e. The van der Waals surface area contributed by atoms with Crippen LogP contribution in [-0.4, -0.2) is 5.16 Å². The molecular formula is C15H16N2O. The van der Waals surface area contributed by atoms with E-state index in [-0.39, 0.29) is 5.92 Å². The zero-order valence-corrected chi connectivity index (χ0v) is 10.9. The molecule has 1 atom stereocenters. The fourth-order valence-electron chi connectivity index (χ4n) is 2.26. The van der Waals surface area contributed by atoms with Crippen molar-refractivity contribution in [1.29, 1.82) is 5.26 Å². The third kappa shape index (κ3) is 2.28. The summed E-state index contributed by atoms with van der Waals surface area (Å²) in [6.45, 7) is 5.81. The zero-order valence-electron chi connectivity index (χ0n) is 10.9. The summed E-state index contributed by atoms with van der Waals surface area (Å²) in [5.74, 6) is 0.546. The second-order valence-electron chi connectivity index (χ2n) is 4.55. The van der Waals surface area contributed by atoms with Gasteiger partial charge in [0.25, 0.3) is 0 Å². The normalized spacial score (nSPS) is 12.1. The highest BCUT2D eigenvalue weighted by Crippen LogP contribution is 2.27. The first-order chi connectivity index (χ1) is 8.63. The van der Waals surface area contributed by atoms with Crippen molar-refractivity contribution in [3.05, 3.63) is 52.4 Å².